The molecule has 0 saturated heterocycles. The molecule has 3 nitrogen and oxygen atoms in total. The van der Waals surface area contributed by atoms with E-state index in [0.717, 1.165) is 12.8 Å². The minimum absolute atomic E-state index is 0.0153. The maximum atomic E-state index is 11.5. The second kappa shape index (κ2) is 6.02. The summed E-state index contributed by atoms with van der Waals surface area (Å²) >= 11 is 0. The molecule has 0 heterocycles. The van der Waals surface area contributed by atoms with Gasteiger partial charge in [-0.15, -0.1) is 0 Å². The van der Waals surface area contributed by atoms with Crippen molar-refractivity contribution in [1.82, 2.24) is 0 Å². The third-order valence-electron chi connectivity index (χ3n) is 2.05. The highest BCUT2D eigenvalue weighted by Crippen LogP contribution is 2.26. The van der Waals surface area contributed by atoms with Gasteiger partial charge in [-0.1, -0.05) is 27.7 Å². The molecular weight excluding hydrogens is 178 g/mol. The van der Waals surface area contributed by atoms with Crippen LogP contribution in [0.4, 0.5) is 0 Å². The smallest absolute Gasteiger partial charge is 0.308 e. The average Bonchev–Trinajstić information content (AvgIpc) is 2.08. The van der Waals surface area contributed by atoms with Gasteiger partial charge in [0.05, 0.1) is 5.92 Å². The van der Waals surface area contributed by atoms with Crippen LogP contribution < -0.4 is 5.73 Å². The van der Waals surface area contributed by atoms with E-state index >= 15 is 0 Å². The van der Waals surface area contributed by atoms with Crippen LogP contribution >= 0.6 is 0 Å². The molecule has 0 rings (SSSR count). The van der Waals surface area contributed by atoms with Crippen molar-refractivity contribution in [2.75, 3.05) is 13.2 Å². The van der Waals surface area contributed by atoms with Crippen molar-refractivity contribution in [2.45, 2.75) is 40.5 Å². The predicted molar refractivity (Wildman–Crippen MR) is 57.9 cm³/mol. The number of carbonyl (C=O) groups excluding carboxylic acids is 1. The number of rotatable bonds is 5. The van der Waals surface area contributed by atoms with Crippen LogP contribution in [0.5, 0.6) is 0 Å². The van der Waals surface area contributed by atoms with Crippen molar-refractivity contribution in [2.24, 2.45) is 17.1 Å². The van der Waals surface area contributed by atoms with E-state index in [0.29, 0.717) is 13.2 Å². The number of carbonyl (C=O) groups is 1. The van der Waals surface area contributed by atoms with E-state index < -0.39 is 0 Å². The van der Waals surface area contributed by atoms with Crippen molar-refractivity contribution in [3.05, 3.63) is 0 Å². The summed E-state index contributed by atoms with van der Waals surface area (Å²) in [6.45, 7) is 9.14. The first-order chi connectivity index (χ1) is 6.40. The number of esters is 1. The van der Waals surface area contributed by atoms with Gasteiger partial charge in [0.2, 0.25) is 0 Å². The summed E-state index contributed by atoms with van der Waals surface area (Å²) < 4.78 is 5.03. The van der Waals surface area contributed by atoms with Gasteiger partial charge in [0, 0.05) is 6.54 Å². The Hall–Kier alpha value is -0.570. The van der Waals surface area contributed by atoms with Crippen LogP contribution in [0.3, 0.4) is 0 Å². The fourth-order valence-corrected chi connectivity index (χ4v) is 1.41. The Labute approximate surface area is 87.0 Å². The lowest BCUT2D eigenvalue weighted by molar-refractivity contribution is -0.149. The lowest BCUT2D eigenvalue weighted by atomic mass is 9.83. The summed E-state index contributed by atoms with van der Waals surface area (Å²) in [5, 5.41) is 0. The molecule has 2 N–H and O–H groups in total. The molecule has 0 aromatic heterocycles. The van der Waals surface area contributed by atoms with Crippen molar-refractivity contribution in [3.8, 4) is 0 Å². The Bertz CT molecular complexity index is 173. The average molecular weight is 201 g/mol. The third-order valence-corrected chi connectivity index (χ3v) is 2.05. The molecule has 0 aliphatic carbocycles. The highest BCUT2D eigenvalue weighted by Gasteiger charge is 2.24. The van der Waals surface area contributed by atoms with Crippen LogP contribution in [-0.4, -0.2) is 19.1 Å². The summed E-state index contributed by atoms with van der Waals surface area (Å²) in [4.78, 5) is 11.5. The van der Waals surface area contributed by atoms with Gasteiger partial charge in [-0.2, -0.15) is 0 Å². The zero-order valence-corrected chi connectivity index (χ0v) is 9.80. The standard InChI is InChI=1S/C11H23NO2/c1-5-9(8-11(2,3)4)10(13)14-7-6-12/h9H,5-8,12H2,1-4H3. The van der Waals surface area contributed by atoms with Crippen molar-refractivity contribution in [3.63, 3.8) is 0 Å². The molecule has 1 unspecified atom stereocenters. The van der Waals surface area contributed by atoms with E-state index in [1.807, 2.05) is 6.92 Å². The monoisotopic (exact) mass is 201 g/mol. The molecule has 0 bridgehead atoms. The van der Waals surface area contributed by atoms with E-state index in [1.54, 1.807) is 0 Å². The first kappa shape index (κ1) is 13.4. The van der Waals surface area contributed by atoms with Crippen LogP contribution in [0.25, 0.3) is 0 Å². The van der Waals surface area contributed by atoms with Crippen molar-refractivity contribution in [1.29, 1.82) is 0 Å². The van der Waals surface area contributed by atoms with Gasteiger partial charge in [-0.25, -0.2) is 0 Å². The Morgan fingerprint density at radius 2 is 2.00 bits per heavy atom. The van der Waals surface area contributed by atoms with Gasteiger partial charge in [0.1, 0.15) is 6.61 Å². The summed E-state index contributed by atoms with van der Waals surface area (Å²) in [6, 6.07) is 0. The number of hydrogen-bond donors (Lipinski definition) is 1. The predicted octanol–water partition coefficient (Wildman–Crippen LogP) is 1.95. The maximum absolute atomic E-state index is 11.5. The maximum Gasteiger partial charge on any atom is 0.308 e. The Morgan fingerprint density at radius 1 is 1.43 bits per heavy atom. The SMILES string of the molecule is CCC(CC(C)(C)C)C(=O)OCCN. The van der Waals surface area contributed by atoms with Gasteiger partial charge < -0.3 is 10.5 Å². The Balaban J connectivity index is 4.06. The normalized spacial score (nSPS) is 13.8. The Kier molecular flexibility index (Phi) is 5.77. The van der Waals surface area contributed by atoms with Crippen LogP contribution in [-0.2, 0) is 9.53 Å². The fourth-order valence-electron chi connectivity index (χ4n) is 1.41. The summed E-state index contributed by atoms with van der Waals surface area (Å²) in [5.74, 6) is -0.0885. The minimum atomic E-state index is -0.104. The van der Waals surface area contributed by atoms with Crippen molar-refractivity contribution < 1.29 is 9.53 Å². The summed E-state index contributed by atoms with van der Waals surface area (Å²) in [7, 11) is 0. The molecule has 0 spiro atoms. The highest BCUT2D eigenvalue weighted by molar-refractivity contribution is 5.72. The topological polar surface area (TPSA) is 52.3 Å². The van der Waals surface area contributed by atoms with E-state index in [4.69, 9.17) is 10.5 Å². The van der Waals surface area contributed by atoms with Gasteiger partial charge >= 0.3 is 5.97 Å². The molecule has 0 aliphatic rings. The molecule has 14 heavy (non-hydrogen) atoms. The van der Waals surface area contributed by atoms with Crippen LogP contribution in [0.2, 0.25) is 0 Å². The Morgan fingerprint density at radius 3 is 2.36 bits per heavy atom. The molecule has 0 radical (unpaired) electrons. The minimum Gasteiger partial charge on any atom is -0.464 e. The molecule has 0 aliphatic heterocycles. The largest absolute Gasteiger partial charge is 0.464 e. The highest BCUT2D eigenvalue weighted by atomic mass is 16.5. The van der Waals surface area contributed by atoms with E-state index in [-0.39, 0.29) is 17.3 Å². The molecule has 84 valence electrons. The van der Waals surface area contributed by atoms with Gasteiger partial charge in [-0.05, 0) is 18.3 Å². The van der Waals surface area contributed by atoms with E-state index in [9.17, 15) is 4.79 Å². The van der Waals surface area contributed by atoms with E-state index in [2.05, 4.69) is 20.8 Å². The zero-order valence-electron chi connectivity index (χ0n) is 9.80. The molecule has 0 saturated carbocycles. The fraction of sp³-hybridized carbons (Fsp3) is 0.909. The van der Waals surface area contributed by atoms with Crippen LogP contribution in [0.1, 0.15) is 40.5 Å². The van der Waals surface area contributed by atoms with Gasteiger partial charge in [0.15, 0.2) is 0 Å². The van der Waals surface area contributed by atoms with Crippen molar-refractivity contribution >= 4 is 5.97 Å². The number of nitrogens with two attached hydrogens (primary N) is 1. The molecule has 0 aromatic carbocycles. The lowest BCUT2D eigenvalue weighted by Crippen LogP contribution is -2.24. The number of hydrogen-bond acceptors (Lipinski definition) is 3. The van der Waals surface area contributed by atoms with E-state index in [1.165, 1.54) is 0 Å². The molecule has 0 fully saturated rings. The number of ether oxygens (including phenoxy) is 1. The molecule has 0 aromatic rings. The molecule has 3 heteroatoms. The zero-order chi connectivity index (χ0) is 11.2. The first-order valence-electron chi connectivity index (χ1n) is 5.27. The van der Waals surface area contributed by atoms with Gasteiger partial charge in [-0.3, -0.25) is 4.79 Å². The molecule has 1 atom stereocenters. The lowest BCUT2D eigenvalue weighted by Gasteiger charge is -2.23. The quantitative estimate of drug-likeness (QED) is 0.692. The molecule has 0 amide bonds. The third kappa shape index (κ3) is 5.97. The first-order valence-corrected chi connectivity index (χ1v) is 5.27. The molecular formula is C11H23NO2. The second-order valence-corrected chi connectivity index (χ2v) is 4.83. The second-order valence-electron chi connectivity index (χ2n) is 4.83. The van der Waals surface area contributed by atoms with Crippen LogP contribution in [0.15, 0.2) is 0 Å². The van der Waals surface area contributed by atoms with Gasteiger partial charge in [0.25, 0.3) is 0 Å². The van der Waals surface area contributed by atoms with Crippen LogP contribution in [0, 0.1) is 11.3 Å². The summed E-state index contributed by atoms with van der Waals surface area (Å²) in [5.41, 5.74) is 5.44. The summed E-state index contributed by atoms with van der Waals surface area (Å²) in [6.07, 6.45) is 1.70.